The van der Waals surface area contributed by atoms with Gasteiger partial charge >= 0.3 is 6.18 Å². The van der Waals surface area contributed by atoms with E-state index in [4.69, 9.17) is 0 Å². The van der Waals surface area contributed by atoms with Crippen LogP contribution in [0.2, 0.25) is 0 Å². The van der Waals surface area contributed by atoms with Gasteiger partial charge < -0.3 is 5.32 Å². The first kappa shape index (κ1) is 20.0. The van der Waals surface area contributed by atoms with Crippen molar-refractivity contribution < 1.29 is 18.0 Å². The van der Waals surface area contributed by atoms with E-state index in [1.54, 1.807) is 12.4 Å². The summed E-state index contributed by atoms with van der Waals surface area (Å²) in [5.41, 5.74) is 2.01. The van der Waals surface area contributed by atoms with Gasteiger partial charge in [0.25, 0.3) is 0 Å². The van der Waals surface area contributed by atoms with Gasteiger partial charge in [-0.15, -0.1) is 0 Å². The fourth-order valence-electron chi connectivity index (χ4n) is 2.81. The smallest absolute Gasteiger partial charge is 0.325 e. The van der Waals surface area contributed by atoms with Crippen LogP contribution < -0.4 is 5.32 Å². The molecule has 1 aromatic heterocycles. The molecule has 3 aromatic rings. The van der Waals surface area contributed by atoms with E-state index in [0.29, 0.717) is 5.16 Å². The zero-order valence-corrected chi connectivity index (χ0v) is 16.1. The van der Waals surface area contributed by atoms with E-state index in [1.807, 2.05) is 36.6 Å². The number of para-hydroxylation sites is 1. The maximum absolute atomic E-state index is 13.0. The number of aryl methyl sites for hydroxylation is 2. The second-order valence-electron chi connectivity index (χ2n) is 6.25. The molecular formula is C20H18F3N3OS. The fraction of sp³-hybridized carbons (Fsp3) is 0.200. The number of halogens is 3. The Hall–Kier alpha value is -2.74. The van der Waals surface area contributed by atoms with Gasteiger partial charge in [-0.2, -0.15) is 13.2 Å². The second-order valence-corrected chi connectivity index (χ2v) is 7.19. The van der Waals surface area contributed by atoms with Crippen LogP contribution in [-0.2, 0) is 11.0 Å². The lowest BCUT2D eigenvalue weighted by atomic mass is 10.1. The molecule has 0 saturated heterocycles. The lowest BCUT2D eigenvalue weighted by molar-refractivity contribution is -0.137. The van der Waals surface area contributed by atoms with Gasteiger partial charge in [-0.25, -0.2) is 4.98 Å². The normalized spacial score (nSPS) is 11.5. The summed E-state index contributed by atoms with van der Waals surface area (Å²) in [5.74, 6) is -0.592. The zero-order chi connectivity index (χ0) is 20.3. The molecule has 0 aliphatic carbocycles. The maximum Gasteiger partial charge on any atom is 0.418 e. The van der Waals surface area contributed by atoms with Crippen molar-refractivity contribution in [3.05, 3.63) is 71.5 Å². The quantitative estimate of drug-likeness (QED) is 0.591. The van der Waals surface area contributed by atoms with Crippen molar-refractivity contribution in [2.75, 3.05) is 11.1 Å². The van der Waals surface area contributed by atoms with Gasteiger partial charge in [0.05, 0.1) is 22.7 Å². The van der Waals surface area contributed by atoms with Crippen molar-refractivity contribution in [1.82, 2.24) is 9.55 Å². The molecule has 0 spiro atoms. The number of hydrogen-bond acceptors (Lipinski definition) is 3. The number of amides is 1. The standard InChI is InChI=1S/C20H18F3N3OS/c1-13-7-8-17(14(2)11-13)26-10-9-24-19(26)28-12-18(27)25-16-6-4-3-5-15(16)20(21,22)23/h3-11H,12H2,1-2H3,(H,25,27). The van der Waals surface area contributed by atoms with Crippen molar-refractivity contribution in [2.24, 2.45) is 0 Å². The molecule has 0 radical (unpaired) electrons. The summed E-state index contributed by atoms with van der Waals surface area (Å²) in [4.78, 5) is 16.5. The third-order valence-corrected chi connectivity index (χ3v) is 5.02. The first-order valence-corrected chi connectivity index (χ1v) is 9.44. The average molecular weight is 405 g/mol. The highest BCUT2D eigenvalue weighted by Crippen LogP contribution is 2.34. The van der Waals surface area contributed by atoms with Crippen molar-refractivity contribution in [2.45, 2.75) is 25.2 Å². The van der Waals surface area contributed by atoms with Gasteiger partial charge in [0.2, 0.25) is 5.91 Å². The largest absolute Gasteiger partial charge is 0.418 e. The molecule has 0 unspecified atom stereocenters. The number of anilines is 1. The Morgan fingerprint density at radius 3 is 2.64 bits per heavy atom. The molecular weight excluding hydrogens is 387 g/mol. The predicted molar refractivity (Wildman–Crippen MR) is 104 cm³/mol. The van der Waals surface area contributed by atoms with Gasteiger partial charge in [0.1, 0.15) is 0 Å². The summed E-state index contributed by atoms with van der Waals surface area (Å²) in [6, 6.07) is 10.9. The summed E-state index contributed by atoms with van der Waals surface area (Å²) in [7, 11) is 0. The number of imidazole rings is 1. The third kappa shape index (κ3) is 4.56. The van der Waals surface area contributed by atoms with Crippen molar-refractivity contribution in [1.29, 1.82) is 0 Å². The molecule has 3 rings (SSSR count). The summed E-state index contributed by atoms with van der Waals surface area (Å²) in [5, 5.41) is 2.93. The average Bonchev–Trinajstić information content (AvgIpc) is 3.08. The molecule has 28 heavy (non-hydrogen) atoms. The van der Waals surface area contributed by atoms with Crippen molar-refractivity contribution in [3.63, 3.8) is 0 Å². The molecule has 1 amide bonds. The van der Waals surface area contributed by atoms with E-state index in [9.17, 15) is 18.0 Å². The number of benzene rings is 2. The number of carbonyl (C=O) groups is 1. The van der Waals surface area contributed by atoms with E-state index in [0.717, 1.165) is 34.6 Å². The van der Waals surface area contributed by atoms with E-state index < -0.39 is 17.6 Å². The van der Waals surface area contributed by atoms with E-state index in [-0.39, 0.29) is 11.4 Å². The molecule has 0 atom stereocenters. The minimum atomic E-state index is -4.53. The van der Waals surface area contributed by atoms with Crippen LogP contribution in [0.3, 0.4) is 0 Å². The van der Waals surface area contributed by atoms with Gasteiger partial charge in [-0.05, 0) is 37.6 Å². The molecule has 0 bridgehead atoms. The van der Waals surface area contributed by atoms with Crippen LogP contribution in [0.15, 0.2) is 60.0 Å². The van der Waals surface area contributed by atoms with E-state index in [1.165, 1.54) is 18.2 Å². The Kier molecular flexibility index (Phi) is 5.79. The van der Waals surface area contributed by atoms with Crippen LogP contribution in [0, 0.1) is 13.8 Å². The number of alkyl halides is 3. The topological polar surface area (TPSA) is 46.9 Å². The molecule has 8 heteroatoms. The minimum Gasteiger partial charge on any atom is -0.325 e. The molecule has 0 fully saturated rings. The molecule has 0 aliphatic rings. The van der Waals surface area contributed by atoms with Gasteiger partial charge in [0.15, 0.2) is 5.16 Å². The Bertz CT molecular complexity index is 998. The molecule has 2 aromatic carbocycles. The number of nitrogens with one attached hydrogen (secondary N) is 1. The number of hydrogen-bond donors (Lipinski definition) is 1. The third-order valence-electron chi connectivity index (χ3n) is 4.06. The van der Waals surface area contributed by atoms with Crippen LogP contribution in [0.5, 0.6) is 0 Å². The van der Waals surface area contributed by atoms with Crippen molar-refractivity contribution >= 4 is 23.4 Å². The lowest BCUT2D eigenvalue weighted by Gasteiger charge is -2.14. The number of aromatic nitrogens is 2. The summed E-state index contributed by atoms with van der Waals surface area (Å²) in [6.45, 7) is 3.99. The maximum atomic E-state index is 13.0. The number of rotatable bonds is 5. The monoisotopic (exact) mass is 405 g/mol. The highest BCUT2D eigenvalue weighted by Gasteiger charge is 2.33. The Labute approximate surface area is 164 Å². The van der Waals surface area contributed by atoms with Crippen LogP contribution in [0.25, 0.3) is 5.69 Å². The van der Waals surface area contributed by atoms with Crippen LogP contribution in [0.1, 0.15) is 16.7 Å². The highest BCUT2D eigenvalue weighted by molar-refractivity contribution is 7.99. The summed E-state index contributed by atoms with van der Waals surface area (Å²) >= 11 is 1.16. The number of carbonyl (C=O) groups excluding carboxylic acids is 1. The van der Waals surface area contributed by atoms with E-state index in [2.05, 4.69) is 10.3 Å². The Balaban J connectivity index is 1.71. The molecule has 0 aliphatic heterocycles. The molecule has 1 N–H and O–H groups in total. The Morgan fingerprint density at radius 1 is 1.18 bits per heavy atom. The Morgan fingerprint density at radius 2 is 1.93 bits per heavy atom. The second kappa shape index (κ2) is 8.10. The highest BCUT2D eigenvalue weighted by atomic mass is 32.2. The lowest BCUT2D eigenvalue weighted by Crippen LogP contribution is -2.18. The first-order chi connectivity index (χ1) is 13.3. The van der Waals surface area contributed by atoms with Gasteiger partial charge in [0, 0.05) is 12.4 Å². The predicted octanol–water partition coefficient (Wildman–Crippen LogP) is 5.24. The molecule has 146 valence electrons. The minimum absolute atomic E-state index is 0.0614. The summed E-state index contributed by atoms with van der Waals surface area (Å²) < 4.78 is 41.0. The molecule has 1 heterocycles. The molecule has 0 saturated carbocycles. The molecule has 4 nitrogen and oxygen atoms in total. The van der Waals surface area contributed by atoms with Crippen molar-refractivity contribution in [3.8, 4) is 5.69 Å². The number of thioether (sulfide) groups is 1. The van der Waals surface area contributed by atoms with E-state index >= 15 is 0 Å². The van der Waals surface area contributed by atoms with Crippen LogP contribution >= 0.6 is 11.8 Å². The summed E-state index contributed by atoms with van der Waals surface area (Å²) in [6.07, 6.45) is -1.12. The van der Waals surface area contributed by atoms with Gasteiger partial charge in [-0.1, -0.05) is 41.6 Å². The zero-order valence-electron chi connectivity index (χ0n) is 15.2. The fourth-order valence-corrected chi connectivity index (χ4v) is 3.58. The van der Waals surface area contributed by atoms with Crippen LogP contribution in [-0.4, -0.2) is 21.2 Å². The van der Waals surface area contributed by atoms with Crippen LogP contribution in [0.4, 0.5) is 18.9 Å². The first-order valence-electron chi connectivity index (χ1n) is 8.45. The van der Waals surface area contributed by atoms with Gasteiger partial charge in [-0.3, -0.25) is 9.36 Å². The number of nitrogens with zero attached hydrogens (tertiary/aromatic N) is 2. The SMILES string of the molecule is Cc1ccc(-n2ccnc2SCC(=O)Nc2ccccc2C(F)(F)F)c(C)c1.